The van der Waals surface area contributed by atoms with E-state index in [-0.39, 0.29) is 35.2 Å². The molecule has 160 valence electrons. The molecule has 4 rings (SSSR count). The number of likely N-dealkylation sites (tertiary alicyclic amines) is 1. The molecule has 2 aliphatic heterocycles. The molecule has 0 aliphatic carbocycles. The zero-order valence-corrected chi connectivity index (χ0v) is 17.9. The van der Waals surface area contributed by atoms with E-state index in [2.05, 4.69) is 9.88 Å². The van der Waals surface area contributed by atoms with Crippen LogP contribution in [0.2, 0.25) is 0 Å². The van der Waals surface area contributed by atoms with Crippen LogP contribution in [0.1, 0.15) is 34.4 Å². The molecular formula is C22H28N4O4. The molecule has 1 fully saturated rings. The van der Waals surface area contributed by atoms with Crippen molar-refractivity contribution in [2.45, 2.75) is 18.4 Å². The van der Waals surface area contributed by atoms with Crippen LogP contribution in [0.15, 0.2) is 35.1 Å². The highest BCUT2D eigenvalue weighted by Gasteiger charge is 2.42. The first-order chi connectivity index (χ1) is 14.4. The van der Waals surface area contributed by atoms with Gasteiger partial charge in [-0.15, -0.1) is 0 Å². The number of hydrogen-bond acceptors (Lipinski definition) is 6. The summed E-state index contributed by atoms with van der Waals surface area (Å²) < 4.78 is 12.4. The molecule has 2 aliphatic rings. The normalized spacial score (nSPS) is 22.6. The molecule has 0 spiro atoms. The number of pyridine rings is 2. The fraction of sp³-hybridized carbons (Fsp3) is 0.500. The van der Waals surface area contributed by atoms with Crippen molar-refractivity contribution in [2.75, 3.05) is 47.9 Å². The van der Waals surface area contributed by atoms with Crippen molar-refractivity contribution in [3.8, 4) is 11.8 Å². The maximum atomic E-state index is 13.4. The summed E-state index contributed by atoms with van der Waals surface area (Å²) in [5, 5.41) is 0. The average molecular weight is 412 g/mol. The number of piperidine rings is 1. The van der Waals surface area contributed by atoms with Gasteiger partial charge in [-0.25, -0.2) is 0 Å². The van der Waals surface area contributed by atoms with Gasteiger partial charge in [0, 0.05) is 43.4 Å². The van der Waals surface area contributed by atoms with Crippen LogP contribution in [-0.4, -0.2) is 73.2 Å². The molecule has 2 aromatic heterocycles. The van der Waals surface area contributed by atoms with Gasteiger partial charge in [0.1, 0.15) is 5.56 Å². The van der Waals surface area contributed by atoms with Crippen LogP contribution in [0.25, 0.3) is 0 Å². The molecule has 1 saturated heterocycles. The molecular weight excluding hydrogens is 384 g/mol. The van der Waals surface area contributed by atoms with Crippen molar-refractivity contribution in [1.29, 1.82) is 0 Å². The second-order valence-electron chi connectivity index (χ2n) is 8.30. The van der Waals surface area contributed by atoms with Crippen LogP contribution < -0.4 is 15.0 Å². The largest absolute Gasteiger partial charge is 0.481 e. The Morgan fingerprint density at radius 2 is 1.97 bits per heavy atom. The zero-order chi connectivity index (χ0) is 21.4. The highest BCUT2D eigenvalue weighted by molar-refractivity contribution is 5.96. The van der Waals surface area contributed by atoms with Crippen molar-refractivity contribution in [2.24, 2.45) is 5.92 Å². The van der Waals surface area contributed by atoms with Crippen molar-refractivity contribution in [3.63, 3.8) is 0 Å². The fourth-order valence-electron chi connectivity index (χ4n) is 4.84. The number of carbonyl (C=O) groups excluding carboxylic acids is 1. The molecule has 2 aromatic rings. The topological polar surface area (TPSA) is 76.9 Å². The van der Waals surface area contributed by atoms with Crippen LogP contribution >= 0.6 is 0 Å². The minimum absolute atomic E-state index is 0.0337. The Morgan fingerprint density at radius 3 is 2.67 bits per heavy atom. The van der Waals surface area contributed by atoms with E-state index in [9.17, 15) is 9.59 Å². The van der Waals surface area contributed by atoms with Gasteiger partial charge in [-0.3, -0.25) is 9.59 Å². The van der Waals surface area contributed by atoms with Gasteiger partial charge in [0.15, 0.2) is 0 Å². The van der Waals surface area contributed by atoms with E-state index in [1.54, 1.807) is 18.2 Å². The Kier molecular flexibility index (Phi) is 5.51. The van der Waals surface area contributed by atoms with Crippen LogP contribution in [0.3, 0.4) is 0 Å². The van der Waals surface area contributed by atoms with Gasteiger partial charge in [0.05, 0.1) is 20.3 Å². The van der Waals surface area contributed by atoms with Crippen LogP contribution in [0, 0.1) is 5.92 Å². The second kappa shape index (κ2) is 8.10. The number of amides is 1. The van der Waals surface area contributed by atoms with Gasteiger partial charge >= 0.3 is 0 Å². The minimum atomic E-state index is -0.105. The number of nitrogens with zero attached hydrogens (tertiary/aromatic N) is 4. The summed E-state index contributed by atoms with van der Waals surface area (Å²) in [6, 6.07) is 8.88. The van der Waals surface area contributed by atoms with E-state index in [0.29, 0.717) is 24.5 Å². The smallest absolute Gasteiger partial charge is 0.259 e. The number of fused-ring (bicyclic) bond motifs is 4. The summed E-state index contributed by atoms with van der Waals surface area (Å²) in [5.74, 6) is 0.902. The third-order valence-corrected chi connectivity index (χ3v) is 6.11. The Morgan fingerprint density at radius 1 is 1.17 bits per heavy atom. The Balaban J connectivity index is 1.69. The predicted molar refractivity (Wildman–Crippen MR) is 112 cm³/mol. The van der Waals surface area contributed by atoms with E-state index in [4.69, 9.17) is 9.47 Å². The van der Waals surface area contributed by atoms with Crippen LogP contribution in [0.4, 0.5) is 0 Å². The third kappa shape index (κ3) is 3.56. The average Bonchev–Trinajstić information content (AvgIpc) is 2.75. The molecule has 0 N–H and O–H groups in total. The van der Waals surface area contributed by atoms with E-state index in [1.165, 1.54) is 14.2 Å². The van der Waals surface area contributed by atoms with E-state index < -0.39 is 0 Å². The molecule has 0 saturated carbocycles. The van der Waals surface area contributed by atoms with E-state index >= 15 is 0 Å². The Hall–Kier alpha value is -2.87. The molecule has 0 aromatic carbocycles. The van der Waals surface area contributed by atoms with Crippen molar-refractivity contribution in [3.05, 3.63) is 51.9 Å². The molecule has 30 heavy (non-hydrogen) atoms. The molecule has 4 heterocycles. The van der Waals surface area contributed by atoms with Crippen molar-refractivity contribution in [1.82, 2.24) is 19.4 Å². The molecule has 3 atom stereocenters. The monoisotopic (exact) mass is 412 g/mol. The third-order valence-electron chi connectivity index (χ3n) is 6.11. The molecule has 1 amide bonds. The summed E-state index contributed by atoms with van der Waals surface area (Å²) in [5.41, 5.74) is 1.48. The SMILES string of the molecule is COc1ccc(C(=O)N2C[C@H]3C[C@@H](C2)[C@H](CN(C)C)n2c3cccc2=O)c(OC)n1. The lowest BCUT2D eigenvalue weighted by Gasteiger charge is -2.47. The van der Waals surface area contributed by atoms with Crippen molar-refractivity contribution < 1.29 is 14.3 Å². The summed E-state index contributed by atoms with van der Waals surface area (Å²) in [6.07, 6.45) is 0.976. The van der Waals surface area contributed by atoms with Gasteiger partial charge in [0.25, 0.3) is 11.5 Å². The maximum Gasteiger partial charge on any atom is 0.259 e. The number of aromatic nitrogens is 2. The number of likely N-dealkylation sites (N-methyl/N-ethyl adjacent to an activating group) is 1. The van der Waals surface area contributed by atoms with Crippen molar-refractivity contribution >= 4 is 5.91 Å². The first-order valence-electron chi connectivity index (χ1n) is 10.2. The second-order valence-corrected chi connectivity index (χ2v) is 8.30. The van der Waals surface area contributed by atoms with Gasteiger partial charge in [0.2, 0.25) is 11.8 Å². The lowest BCUT2D eigenvalue weighted by atomic mass is 9.78. The Labute approximate surface area is 176 Å². The van der Waals surface area contributed by atoms with Gasteiger partial charge in [-0.2, -0.15) is 4.98 Å². The standard InChI is InChI=1S/C22H28N4O4/c1-24(2)13-18-15-10-14(17-6-5-7-20(27)26(17)18)11-25(12-15)22(28)16-8-9-19(29-3)23-21(16)30-4/h5-9,14-15,18H,10-13H2,1-4H3/t14-,15+,18+/m1/s1. The first-order valence-corrected chi connectivity index (χ1v) is 10.2. The molecule has 8 heteroatoms. The van der Waals surface area contributed by atoms with Gasteiger partial charge in [-0.05, 0) is 38.6 Å². The minimum Gasteiger partial charge on any atom is -0.481 e. The maximum absolute atomic E-state index is 13.4. The molecule has 2 bridgehead atoms. The summed E-state index contributed by atoms with van der Waals surface area (Å²) in [6.45, 7) is 1.93. The zero-order valence-electron chi connectivity index (χ0n) is 17.9. The lowest BCUT2D eigenvalue weighted by molar-refractivity contribution is 0.0495. The molecule has 0 unspecified atom stereocenters. The van der Waals surface area contributed by atoms with Crippen LogP contribution in [0.5, 0.6) is 11.8 Å². The predicted octanol–water partition coefficient (Wildman–Crippen LogP) is 1.62. The van der Waals surface area contributed by atoms with E-state index in [0.717, 1.165) is 18.7 Å². The quantitative estimate of drug-likeness (QED) is 0.743. The first kappa shape index (κ1) is 20.4. The van der Waals surface area contributed by atoms with E-state index in [1.807, 2.05) is 35.7 Å². The number of hydrogen-bond donors (Lipinski definition) is 0. The number of ether oxygens (including phenoxy) is 2. The summed E-state index contributed by atoms with van der Waals surface area (Å²) in [7, 11) is 7.05. The fourth-order valence-corrected chi connectivity index (χ4v) is 4.84. The highest BCUT2D eigenvalue weighted by Crippen LogP contribution is 2.41. The number of methoxy groups -OCH3 is 2. The van der Waals surface area contributed by atoms with Gasteiger partial charge < -0.3 is 23.8 Å². The lowest BCUT2D eigenvalue weighted by Crippen LogP contribution is -2.52. The summed E-state index contributed by atoms with van der Waals surface area (Å²) in [4.78, 5) is 34.3. The summed E-state index contributed by atoms with van der Waals surface area (Å²) >= 11 is 0. The highest BCUT2D eigenvalue weighted by atomic mass is 16.5. The molecule has 8 nitrogen and oxygen atoms in total. The Bertz CT molecular complexity index is 1000. The molecule has 0 radical (unpaired) electrons. The van der Waals surface area contributed by atoms with Gasteiger partial charge in [-0.1, -0.05) is 6.07 Å². The number of carbonyl (C=O) groups is 1. The van der Waals surface area contributed by atoms with Crippen LogP contribution in [-0.2, 0) is 0 Å². The number of rotatable bonds is 5.